The minimum atomic E-state index is -0.394. The molecule has 0 atom stereocenters. The average Bonchev–Trinajstić information content (AvgIpc) is 2.40. The van der Waals surface area contributed by atoms with E-state index >= 15 is 0 Å². The van der Waals surface area contributed by atoms with Crippen LogP contribution in [0.25, 0.3) is 0 Å². The summed E-state index contributed by atoms with van der Waals surface area (Å²) in [7, 11) is 0. The van der Waals surface area contributed by atoms with E-state index < -0.39 is 5.91 Å². The molecule has 18 heavy (non-hydrogen) atoms. The molecule has 0 radical (unpaired) electrons. The summed E-state index contributed by atoms with van der Waals surface area (Å²) in [4.78, 5) is 19.2. The predicted octanol–water partition coefficient (Wildman–Crippen LogP) is 2.00. The molecule has 0 unspecified atom stereocenters. The van der Waals surface area contributed by atoms with Gasteiger partial charge in [-0.05, 0) is 17.7 Å². The number of carbonyl (C=O) groups excluding carboxylic acids is 1. The Kier molecular flexibility index (Phi) is 4.14. The van der Waals surface area contributed by atoms with Gasteiger partial charge in [-0.3, -0.25) is 9.78 Å². The highest BCUT2D eigenvalue weighted by Crippen LogP contribution is 2.09. The molecule has 2 aromatic rings. The normalized spacial score (nSPS) is 10.5. The molecule has 0 aliphatic carbocycles. The Morgan fingerprint density at radius 2 is 2.28 bits per heavy atom. The Labute approximate surface area is 112 Å². The van der Waals surface area contributed by atoms with E-state index in [1.807, 2.05) is 24.3 Å². The third-order valence-electron chi connectivity index (χ3n) is 2.02. The van der Waals surface area contributed by atoms with Crippen LogP contribution in [0, 0.1) is 0 Å². The maximum Gasteiger partial charge on any atom is 0.291 e. The van der Waals surface area contributed by atoms with Crippen LogP contribution in [-0.2, 0) is 0 Å². The molecule has 5 nitrogen and oxygen atoms in total. The third kappa shape index (κ3) is 3.46. The largest absolute Gasteiger partial charge is 0.291 e. The lowest BCUT2D eigenvalue weighted by atomic mass is 10.2. The van der Waals surface area contributed by atoms with Gasteiger partial charge in [-0.1, -0.05) is 28.1 Å². The molecule has 0 aliphatic rings. The van der Waals surface area contributed by atoms with Gasteiger partial charge in [0.2, 0.25) is 0 Å². The standard InChI is InChI=1S/C12H9BrN4O/c13-10-3-1-2-9(6-10)7-16-17-12(18)11-8-14-4-5-15-11/h1-8H,(H,17,18)/b16-7+. The molecule has 1 N–H and O–H groups in total. The minimum Gasteiger partial charge on any atom is -0.265 e. The number of hydrogen-bond donors (Lipinski definition) is 1. The van der Waals surface area contributed by atoms with Crippen LogP contribution in [0.1, 0.15) is 16.1 Å². The zero-order chi connectivity index (χ0) is 12.8. The topological polar surface area (TPSA) is 67.2 Å². The van der Waals surface area contributed by atoms with E-state index in [1.54, 1.807) is 6.21 Å². The van der Waals surface area contributed by atoms with Crippen LogP contribution in [-0.4, -0.2) is 22.1 Å². The zero-order valence-electron chi connectivity index (χ0n) is 9.25. The third-order valence-corrected chi connectivity index (χ3v) is 2.52. The SMILES string of the molecule is O=C(N/N=C/c1cccc(Br)c1)c1cnccn1. The van der Waals surface area contributed by atoms with Crippen LogP contribution in [0.4, 0.5) is 0 Å². The van der Waals surface area contributed by atoms with Crippen molar-refractivity contribution in [3.63, 3.8) is 0 Å². The Hall–Kier alpha value is -2.08. The molecule has 1 amide bonds. The van der Waals surface area contributed by atoms with Crippen molar-refractivity contribution in [1.82, 2.24) is 15.4 Å². The van der Waals surface area contributed by atoms with Crippen LogP contribution in [0.3, 0.4) is 0 Å². The highest BCUT2D eigenvalue weighted by atomic mass is 79.9. The minimum absolute atomic E-state index is 0.226. The summed E-state index contributed by atoms with van der Waals surface area (Å²) < 4.78 is 0.951. The summed E-state index contributed by atoms with van der Waals surface area (Å²) in [6, 6.07) is 7.56. The van der Waals surface area contributed by atoms with Crippen LogP contribution in [0.15, 0.2) is 52.4 Å². The number of amides is 1. The van der Waals surface area contributed by atoms with Crippen molar-refractivity contribution in [2.45, 2.75) is 0 Å². The Balaban J connectivity index is 1.98. The molecular weight excluding hydrogens is 296 g/mol. The first-order valence-corrected chi connectivity index (χ1v) is 5.90. The maximum atomic E-state index is 11.6. The van der Waals surface area contributed by atoms with E-state index in [2.05, 4.69) is 36.4 Å². The molecule has 0 spiro atoms. The highest BCUT2D eigenvalue weighted by Gasteiger charge is 2.04. The number of halogens is 1. The van der Waals surface area contributed by atoms with Crippen molar-refractivity contribution in [2.24, 2.45) is 5.10 Å². The number of nitrogens with one attached hydrogen (secondary N) is 1. The van der Waals surface area contributed by atoms with Crippen LogP contribution >= 0.6 is 15.9 Å². The number of hydrogen-bond acceptors (Lipinski definition) is 4. The first-order chi connectivity index (χ1) is 8.75. The lowest BCUT2D eigenvalue weighted by molar-refractivity contribution is 0.0950. The van der Waals surface area contributed by atoms with Crippen LogP contribution in [0.5, 0.6) is 0 Å². The van der Waals surface area contributed by atoms with Gasteiger partial charge in [-0.2, -0.15) is 5.10 Å². The molecule has 0 fully saturated rings. The van der Waals surface area contributed by atoms with Crippen molar-refractivity contribution < 1.29 is 4.79 Å². The molecule has 1 aromatic heterocycles. The summed E-state index contributed by atoms with van der Waals surface area (Å²) >= 11 is 3.35. The van der Waals surface area contributed by atoms with Gasteiger partial charge in [-0.25, -0.2) is 10.4 Å². The summed E-state index contributed by atoms with van der Waals surface area (Å²) in [6.07, 6.45) is 5.89. The van der Waals surface area contributed by atoms with E-state index in [1.165, 1.54) is 18.6 Å². The van der Waals surface area contributed by atoms with Gasteiger partial charge in [0.05, 0.1) is 12.4 Å². The van der Waals surface area contributed by atoms with Gasteiger partial charge in [0.15, 0.2) is 0 Å². The predicted molar refractivity (Wildman–Crippen MR) is 71.2 cm³/mol. The van der Waals surface area contributed by atoms with E-state index in [9.17, 15) is 4.79 Å². The number of aromatic nitrogens is 2. The Morgan fingerprint density at radius 3 is 3.00 bits per heavy atom. The number of benzene rings is 1. The summed E-state index contributed by atoms with van der Waals surface area (Å²) in [5, 5.41) is 3.85. The first kappa shape index (κ1) is 12.4. The van der Waals surface area contributed by atoms with Crippen molar-refractivity contribution >= 4 is 28.1 Å². The molecule has 2 rings (SSSR count). The lowest BCUT2D eigenvalue weighted by Crippen LogP contribution is -2.19. The van der Waals surface area contributed by atoms with E-state index in [0.29, 0.717) is 0 Å². The highest BCUT2D eigenvalue weighted by molar-refractivity contribution is 9.10. The second-order valence-electron chi connectivity index (χ2n) is 3.34. The molecule has 0 saturated carbocycles. The number of carbonyl (C=O) groups is 1. The monoisotopic (exact) mass is 304 g/mol. The van der Waals surface area contributed by atoms with Gasteiger partial charge in [0, 0.05) is 16.9 Å². The van der Waals surface area contributed by atoms with E-state index in [0.717, 1.165) is 10.0 Å². The molecule has 0 saturated heterocycles. The second-order valence-corrected chi connectivity index (χ2v) is 4.26. The molecular formula is C12H9BrN4O. The fourth-order valence-corrected chi connectivity index (χ4v) is 1.64. The number of nitrogens with zero attached hydrogens (tertiary/aromatic N) is 3. The molecule has 1 aromatic carbocycles. The Bertz CT molecular complexity index is 571. The zero-order valence-corrected chi connectivity index (χ0v) is 10.8. The van der Waals surface area contributed by atoms with Crippen LogP contribution < -0.4 is 5.43 Å². The van der Waals surface area contributed by atoms with Crippen LogP contribution in [0.2, 0.25) is 0 Å². The fraction of sp³-hybridized carbons (Fsp3) is 0. The average molecular weight is 305 g/mol. The smallest absolute Gasteiger partial charge is 0.265 e. The van der Waals surface area contributed by atoms with Gasteiger partial charge in [0.1, 0.15) is 5.69 Å². The van der Waals surface area contributed by atoms with Crippen molar-refractivity contribution in [3.8, 4) is 0 Å². The van der Waals surface area contributed by atoms with E-state index in [-0.39, 0.29) is 5.69 Å². The summed E-state index contributed by atoms with van der Waals surface area (Å²) in [6.45, 7) is 0. The molecule has 0 aliphatic heterocycles. The van der Waals surface area contributed by atoms with Gasteiger partial charge in [0.25, 0.3) is 5.91 Å². The molecule has 6 heteroatoms. The fourth-order valence-electron chi connectivity index (χ4n) is 1.23. The quantitative estimate of drug-likeness (QED) is 0.696. The second kappa shape index (κ2) is 6.02. The number of hydrazone groups is 1. The lowest BCUT2D eigenvalue weighted by Gasteiger charge is -1.97. The molecule has 90 valence electrons. The maximum absolute atomic E-state index is 11.6. The van der Waals surface area contributed by atoms with Crippen molar-refractivity contribution in [3.05, 3.63) is 58.6 Å². The van der Waals surface area contributed by atoms with Gasteiger partial charge in [-0.15, -0.1) is 0 Å². The first-order valence-electron chi connectivity index (χ1n) is 5.11. The Morgan fingerprint density at radius 1 is 1.39 bits per heavy atom. The van der Waals surface area contributed by atoms with Gasteiger partial charge >= 0.3 is 0 Å². The van der Waals surface area contributed by atoms with Crippen molar-refractivity contribution in [1.29, 1.82) is 0 Å². The molecule has 1 heterocycles. The van der Waals surface area contributed by atoms with Crippen molar-refractivity contribution in [2.75, 3.05) is 0 Å². The summed E-state index contributed by atoms with van der Waals surface area (Å²) in [5.74, 6) is -0.394. The van der Waals surface area contributed by atoms with E-state index in [4.69, 9.17) is 0 Å². The number of rotatable bonds is 3. The molecule has 0 bridgehead atoms. The van der Waals surface area contributed by atoms with Gasteiger partial charge < -0.3 is 0 Å². The summed E-state index contributed by atoms with van der Waals surface area (Å²) in [5.41, 5.74) is 3.48.